The van der Waals surface area contributed by atoms with E-state index in [1.165, 1.54) is 16.3 Å². The number of hydrogen-bond donors (Lipinski definition) is 1. The van der Waals surface area contributed by atoms with E-state index in [0.717, 1.165) is 12.0 Å². The van der Waals surface area contributed by atoms with E-state index >= 15 is 0 Å². The number of nitrogens with zero attached hydrogens (tertiary/aromatic N) is 3. The van der Waals surface area contributed by atoms with Gasteiger partial charge in [-0.2, -0.15) is 0 Å². The molecule has 0 aliphatic heterocycles. The molecule has 6 nitrogen and oxygen atoms in total. The summed E-state index contributed by atoms with van der Waals surface area (Å²) < 4.78 is 1.46. The Kier molecular flexibility index (Phi) is 6.21. The third-order valence-electron chi connectivity index (χ3n) is 4.94. The second kappa shape index (κ2) is 8.80. The number of benzene rings is 2. The van der Waals surface area contributed by atoms with Crippen molar-refractivity contribution in [1.82, 2.24) is 19.8 Å². The average Bonchev–Trinajstić information content (AvgIpc) is 2.70. The highest BCUT2D eigenvalue weighted by atomic mass is 16.2. The summed E-state index contributed by atoms with van der Waals surface area (Å²) in [4.78, 5) is 31.0. The van der Waals surface area contributed by atoms with Crippen LogP contribution in [0.5, 0.6) is 0 Å². The van der Waals surface area contributed by atoms with E-state index in [2.05, 4.69) is 46.4 Å². The van der Waals surface area contributed by atoms with Crippen molar-refractivity contribution in [2.75, 3.05) is 20.6 Å². The van der Waals surface area contributed by atoms with Gasteiger partial charge in [-0.15, -0.1) is 0 Å². The van der Waals surface area contributed by atoms with Gasteiger partial charge < -0.3 is 10.2 Å². The van der Waals surface area contributed by atoms with Gasteiger partial charge in [0.25, 0.3) is 5.56 Å². The number of rotatable bonds is 7. The number of hydrogen-bond acceptors (Lipinski definition) is 4. The highest BCUT2D eigenvalue weighted by Gasteiger charge is 2.16. The summed E-state index contributed by atoms with van der Waals surface area (Å²) in [7, 11) is 3.98. The number of likely N-dealkylation sites (N-methyl/N-ethyl adjacent to an activating group) is 1. The Balaban J connectivity index is 1.72. The lowest BCUT2D eigenvalue weighted by Gasteiger charge is -2.25. The molecule has 0 saturated carbocycles. The molecule has 1 unspecified atom stereocenters. The second-order valence-corrected chi connectivity index (χ2v) is 7.05. The minimum atomic E-state index is -0.284. The van der Waals surface area contributed by atoms with Crippen molar-refractivity contribution in [3.8, 4) is 0 Å². The maximum Gasteiger partial charge on any atom is 0.269 e. The maximum absolute atomic E-state index is 12.6. The van der Waals surface area contributed by atoms with Crippen molar-refractivity contribution in [1.29, 1.82) is 0 Å². The fraction of sp³-hybridized carbons (Fsp3) is 0.318. The lowest BCUT2D eigenvalue weighted by molar-refractivity contribution is -0.121. The van der Waals surface area contributed by atoms with Crippen molar-refractivity contribution < 1.29 is 4.79 Å². The molecule has 3 aromatic rings. The Hall–Kier alpha value is -2.99. The Morgan fingerprint density at radius 3 is 2.54 bits per heavy atom. The number of carbonyl (C=O) groups is 1. The van der Waals surface area contributed by atoms with Gasteiger partial charge in [0.05, 0.1) is 23.3 Å². The Bertz CT molecular complexity index is 1010. The van der Waals surface area contributed by atoms with Gasteiger partial charge >= 0.3 is 0 Å². The fourth-order valence-electron chi connectivity index (χ4n) is 3.26. The zero-order valence-corrected chi connectivity index (χ0v) is 16.6. The molecule has 1 N–H and O–H groups in total. The predicted molar refractivity (Wildman–Crippen MR) is 111 cm³/mol. The van der Waals surface area contributed by atoms with Gasteiger partial charge in [-0.05, 0) is 43.8 Å². The molecule has 0 radical (unpaired) electrons. The highest BCUT2D eigenvalue weighted by molar-refractivity contribution is 5.79. The fourth-order valence-corrected chi connectivity index (χ4v) is 3.26. The molecule has 0 spiro atoms. The Labute approximate surface area is 164 Å². The standard InChI is InChI=1S/C22H26N4O2/c1-4-16-9-11-17(12-10-16)20(25(2)3)13-24-21(27)15-26-19-8-6-5-7-18(19)23-14-22(26)28/h5-12,14,20H,4,13,15H2,1-3H3,(H,24,27). The van der Waals surface area contributed by atoms with Gasteiger partial charge in [0.1, 0.15) is 6.54 Å². The van der Waals surface area contributed by atoms with Crippen LogP contribution in [0.2, 0.25) is 0 Å². The van der Waals surface area contributed by atoms with Crippen LogP contribution in [0.4, 0.5) is 0 Å². The van der Waals surface area contributed by atoms with E-state index in [0.29, 0.717) is 17.6 Å². The molecule has 0 saturated heterocycles. The first-order valence-corrected chi connectivity index (χ1v) is 9.46. The molecule has 0 bridgehead atoms. The van der Waals surface area contributed by atoms with E-state index in [9.17, 15) is 9.59 Å². The highest BCUT2D eigenvalue weighted by Crippen LogP contribution is 2.18. The molecule has 1 atom stereocenters. The molecule has 0 fully saturated rings. The SMILES string of the molecule is CCc1ccc(C(CNC(=O)Cn2c(=O)cnc3ccccc32)N(C)C)cc1. The van der Waals surface area contributed by atoms with Gasteiger partial charge in [-0.3, -0.25) is 14.2 Å². The molecular weight excluding hydrogens is 352 g/mol. The van der Waals surface area contributed by atoms with Gasteiger partial charge in [-0.1, -0.05) is 43.3 Å². The summed E-state index contributed by atoms with van der Waals surface area (Å²) in [5, 5.41) is 2.97. The topological polar surface area (TPSA) is 67.2 Å². The summed E-state index contributed by atoms with van der Waals surface area (Å²) in [5.41, 5.74) is 3.50. The van der Waals surface area contributed by atoms with E-state index in [1.807, 2.05) is 32.3 Å². The number of aryl methyl sites for hydroxylation is 1. The quantitative estimate of drug-likeness (QED) is 0.685. The summed E-state index contributed by atoms with van der Waals surface area (Å²) in [6, 6.07) is 15.8. The smallest absolute Gasteiger partial charge is 0.269 e. The monoisotopic (exact) mass is 378 g/mol. The number of carbonyl (C=O) groups excluding carboxylic acids is 1. The van der Waals surface area contributed by atoms with Crippen molar-refractivity contribution in [3.63, 3.8) is 0 Å². The van der Waals surface area contributed by atoms with Crippen molar-refractivity contribution >= 4 is 16.9 Å². The van der Waals surface area contributed by atoms with E-state index < -0.39 is 0 Å². The van der Waals surface area contributed by atoms with Gasteiger partial charge in [0, 0.05) is 6.54 Å². The van der Waals surface area contributed by atoms with Crippen LogP contribution in [0.25, 0.3) is 11.0 Å². The first kappa shape index (κ1) is 19.8. The first-order chi connectivity index (χ1) is 13.5. The third-order valence-corrected chi connectivity index (χ3v) is 4.94. The Morgan fingerprint density at radius 2 is 1.86 bits per heavy atom. The average molecular weight is 378 g/mol. The zero-order chi connectivity index (χ0) is 20.1. The minimum Gasteiger partial charge on any atom is -0.353 e. The van der Waals surface area contributed by atoms with Gasteiger partial charge in [0.15, 0.2) is 0 Å². The lowest BCUT2D eigenvalue weighted by atomic mass is 10.0. The zero-order valence-electron chi connectivity index (χ0n) is 16.6. The molecule has 2 aromatic carbocycles. The number of fused-ring (bicyclic) bond motifs is 1. The van der Waals surface area contributed by atoms with E-state index in [1.54, 1.807) is 6.07 Å². The molecule has 146 valence electrons. The molecule has 0 aliphatic carbocycles. The van der Waals surface area contributed by atoms with Crippen LogP contribution < -0.4 is 10.9 Å². The van der Waals surface area contributed by atoms with Crippen molar-refractivity contribution in [2.24, 2.45) is 0 Å². The predicted octanol–water partition coefficient (Wildman–Crippen LogP) is 2.38. The van der Waals surface area contributed by atoms with Gasteiger partial charge in [-0.25, -0.2) is 4.98 Å². The minimum absolute atomic E-state index is 0.0310. The number of nitrogens with one attached hydrogen (secondary N) is 1. The number of para-hydroxylation sites is 2. The normalized spacial score (nSPS) is 12.3. The van der Waals surface area contributed by atoms with E-state index in [4.69, 9.17) is 0 Å². The largest absolute Gasteiger partial charge is 0.353 e. The second-order valence-electron chi connectivity index (χ2n) is 7.05. The molecular formula is C22H26N4O2. The van der Waals surface area contributed by atoms with Crippen LogP contribution in [0.3, 0.4) is 0 Å². The molecule has 1 aromatic heterocycles. The van der Waals surface area contributed by atoms with Crippen molar-refractivity contribution in [3.05, 3.63) is 76.2 Å². The molecule has 1 amide bonds. The summed E-state index contributed by atoms with van der Waals surface area (Å²) in [6.07, 6.45) is 2.26. The van der Waals surface area contributed by atoms with Crippen LogP contribution in [0, 0.1) is 0 Å². The van der Waals surface area contributed by atoms with Crippen LogP contribution >= 0.6 is 0 Å². The summed E-state index contributed by atoms with van der Waals surface area (Å²) in [6.45, 7) is 2.56. The number of aromatic nitrogens is 2. The summed E-state index contributed by atoms with van der Waals surface area (Å²) >= 11 is 0. The maximum atomic E-state index is 12.6. The molecule has 28 heavy (non-hydrogen) atoms. The molecule has 0 aliphatic rings. The van der Waals surface area contributed by atoms with Gasteiger partial charge in [0.2, 0.25) is 5.91 Å². The molecule has 6 heteroatoms. The summed E-state index contributed by atoms with van der Waals surface area (Å²) in [5.74, 6) is -0.199. The van der Waals surface area contributed by atoms with Crippen molar-refractivity contribution in [2.45, 2.75) is 25.9 Å². The molecule has 1 heterocycles. The molecule has 3 rings (SSSR count). The third kappa shape index (κ3) is 4.46. The van der Waals surface area contributed by atoms with Crippen LogP contribution in [-0.2, 0) is 17.8 Å². The van der Waals surface area contributed by atoms with Crippen LogP contribution in [0.1, 0.15) is 24.1 Å². The van der Waals surface area contributed by atoms with Crippen LogP contribution in [-0.4, -0.2) is 41.0 Å². The first-order valence-electron chi connectivity index (χ1n) is 9.46. The Morgan fingerprint density at radius 1 is 1.14 bits per heavy atom. The lowest BCUT2D eigenvalue weighted by Crippen LogP contribution is -2.38. The number of amides is 1. The van der Waals surface area contributed by atoms with E-state index in [-0.39, 0.29) is 24.1 Å². The van der Waals surface area contributed by atoms with Crippen LogP contribution in [0.15, 0.2) is 59.5 Å².